The summed E-state index contributed by atoms with van der Waals surface area (Å²) in [5.74, 6) is 0. The number of hydrogen-bond donors (Lipinski definition) is 1. The van der Waals surface area contributed by atoms with E-state index in [9.17, 15) is 0 Å². The average Bonchev–Trinajstić information content (AvgIpc) is 2.79. The molecule has 0 radical (unpaired) electrons. The lowest BCUT2D eigenvalue weighted by molar-refractivity contribution is -0.0198. The summed E-state index contributed by atoms with van der Waals surface area (Å²) in [5, 5.41) is 0. The highest BCUT2D eigenvalue weighted by Gasteiger charge is 2.14. The molecular formula is C13H19NO. The first kappa shape index (κ1) is 10.7. The van der Waals surface area contributed by atoms with Gasteiger partial charge in [0, 0.05) is 6.54 Å². The zero-order valence-electron chi connectivity index (χ0n) is 9.11. The molecule has 0 amide bonds. The summed E-state index contributed by atoms with van der Waals surface area (Å²) in [6.45, 7) is 0.903. The van der Waals surface area contributed by atoms with Crippen LogP contribution in [0.5, 0.6) is 0 Å². The topological polar surface area (TPSA) is 21.3 Å². The lowest BCUT2D eigenvalue weighted by atomic mass is 10.2. The highest BCUT2D eigenvalue weighted by atomic mass is 16.7. The van der Waals surface area contributed by atoms with Crippen molar-refractivity contribution in [3.63, 3.8) is 0 Å². The van der Waals surface area contributed by atoms with Gasteiger partial charge in [0.25, 0.3) is 0 Å². The van der Waals surface area contributed by atoms with Crippen LogP contribution in [0.2, 0.25) is 0 Å². The Labute approximate surface area is 91.6 Å². The molecule has 0 aromatic heterocycles. The Kier molecular flexibility index (Phi) is 4.18. The van der Waals surface area contributed by atoms with Gasteiger partial charge in [0.15, 0.2) is 0 Å². The first-order valence-corrected chi connectivity index (χ1v) is 5.87. The molecule has 1 fully saturated rings. The van der Waals surface area contributed by atoms with Crippen LogP contribution >= 0.6 is 0 Å². The summed E-state index contributed by atoms with van der Waals surface area (Å²) in [7, 11) is 0. The lowest BCUT2D eigenvalue weighted by Crippen LogP contribution is -2.23. The second-order valence-corrected chi connectivity index (χ2v) is 4.15. The van der Waals surface area contributed by atoms with E-state index in [2.05, 4.69) is 29.7 Å². The summed E-state index contributed by atoms with van der Waals surface area (Å²) in [6.07, 6.45) is 6.58. The maximum Gasteiger partial charge on any atom is 0.0790 e. The Balaban J connectivity index is 1.59. The largest absolute Gasteiger partial charge is 0.299 e. The number of hydroxylamine groups is 1. The molecule has 2 heteroatoms. The molecule has 0 bridgehead atoms. The summed E-state index contributed by atoms with van der Waals surface area (Å²) in [4.78, 5) is 5.57. The molecule has 1 aliphatic carbocycles. The molecule has 2 rings (SSSR count). The van der Waals surface area contributed by atoms with Gasteiger partial charge in [-0.1, -0.05) is 43.2 Å². The van der Waals surface area contributed by atoms with Gasteiger partial charge >= 0.3 is 0 Å². The van der Waals surface area contributed by atoms with Crippen LogP contribution < -0.4 is 5.48 Å². The smallest absolute Gasteiger partial charge is 0.0790 e. The van der Waals surface area contributed by atoms with Crippen molar-refractivity contribution < 1.29 is 4.84 Å². The maximum atomic E-state index is 5.57. The SMILES string of the molecule is c1ccc(CCNOC2CCCC2)cc1. The fourth-order valence-electron chi connectivity index (χ4n) is 2.02. The van der Waals surface area contributed by atoms with Crippen LogP contribution in [0.4, 0.5) is 0 Å². The number of hydrogen-bond acceptors (Lipinski definition) is 2. The Morgan fingerprint density at radius 1 is 1.13 bits per heavy atom. The minimum atomic E-state index is 0.459. The van der Waals surface area contributed by atoms with E-state index in [1.807, 2.05) is 6.07 Å². The van der Waals surface area contributed by atoms with Gasteiger partial charge < -0.3 is 0 Å². The van der Waals surface area contributed by atoms with E-state index in [1.54, 1.807) is 0 Å². The van der Waals surface area contributed by atoms with Crippen LogP contribution in [0, 0.1) is 0 Å². The van der Waals surface area contributed by atoms with Gasteiger partial charge in [-0.25, -0.2) is 5.48 Å². The average molecular weight is 205 g/mol. The number of rotatable bonds is 5. The van der Waals surface area contributed by atoms with E-state index in [1.165, 1.54) is 31.2 Å². The van der Waals surface area contributed by atoms with Crippen LogP contribution in [0.15, 0.2) is 30.3 Å². The summed E-state index contributed by atoms with van der Waals surface area (Å²) in [5.41, 5.74) is 4.44. The second kappa shape index (κ2) is 5.89. The molecule has 0 saturated heterocycles. The molecule has 0 heterocycles. The van der Waals surface area contributed by atoms with E-state index < -0.39 is 0 Å². The lowest BCUT2D eigenvalue weighted by Gasteiger charge is -2.11. The van der Waals surface area contributed by atoms with Crippen LogP contribution in [0.3, 0.4) is 0 Å². The molecule has 0 unspecified atom stereocenters. The minimum Gasteiger partial charge on any atom is -0.299 e. The Morgan fingerprint density at radius 3 is 2.60 bits per heavy atom. The van der Waals surface area contributed by atoms with Crippen molar-refractivity contribution in [2.75, 3.05) is 6.54 Å². The Hall–Kier alpha value is -0.860. The number of nitrogens with one attached hydrogen (secondary N) is 1. The summed E-state index contributed by atoms with van der Waals surface area (Å²) < 4.78 is 0. The summed E-state index contributed by atoms with van der Waals surface area (Å²) in [6, 6.07) is 10.5. The molecule has 0 spiro atoms. The van der Waals surface area contributed by atoms with Crippen LogP contribution in [-0.2, 0) is 11.3 Å². The quantitative estimate of drug-likeness (QED) is 0.589. The van der Waals surface area contributed by atoms with Crippen LogP contribution in [0.1, 0.15) is 31.2 Å². The maximum absolute atomic E-state index is 5.57. The molecule has 1 saturated carbocycles. The van der Waals surface area contributed by atoms with E-state index in [-0.39, 0.29) is 0 Å². The standard InChI is InChI=1S/C13H19NO/c1-2-6-12(7-3-1)10-11-14-15-13-8-4-5-9-13/h1-3,6-7,13-14H,4-5,8-11H2. The Bertz CT molecular complexity index is 267. The molecule has 82 valence electrons. The second-order valence-electron chi connectivity index (χ2n) is 4.15. The van der Waals surface area contributed by atoms with Gasteiger partial charge in [-0.15, -0.1) is 0 Å². The van der Waals surface area contributed by atoms with E-state index in [0.29, 0.717) is 6.10 Å². The first-order valence-electron chi connectivity index (χ1n) is 5.87. The van der Waals surface area contributed by atoms with Crippen molar-refractivity contribution in [3.05, 3.63) is 35.9 Å². The summed E-state index contributed by atoms with van der Waals surface area (Å²) >= 11 is 0. The fraction of sp³-hybridized carbons (Fsp3) is 0.538. The zero-order valence-corrected chi connectivity index (χ0v) is 9.11. The van der Waals surface area contributed by atoms with Gasteiger partial charge in [-0.3, -0.25) is 4.84 Å². The van der Waals surface area contributed by atoms with E-state index in [0.717, 1.165) is 13.0 Å². The van der Waals surface area contributed by atoms with Crippen molar-refractivity contribution in [1.82, 2.24) is 5.48 Å². The molecule has 0 atom stereocenters. The van der Waals surface area contributed by atoms with Gasteiger partial charge in [-0.2, -0.15) is 0 Å². The highest BCUT2D eigenvalue weighted by molar-refractivity contribution is 5.14. The zero-order chi connectivity index (χ0) is 10.3. The molecule has 2 nitrogen and oxygen atoms in total. The first-order chi connectivity index (χ1) is 7.45. The molecule has 1 aromatic rings. The molecule has 1 N–H and O–H groups in total. The van der Waals surface area contributed by atoms with Crippen molar-refractivity contribution in [2.45, 2.75) is 38.2 Å². The Morgan fingerprint density at radius 2 is 1.87 bits per heavy atom. The predicted molar refractivity (Wildman–Crippen MR) is 61.5 cm³/mol. The fourth-order valence-corrected chi connectivity index (χ4v) is 2.02. The third kappa shape index (κ3) is 3.65. The highest BCUT2D eigenvalue weighted by Crippen LogP contribution is 2.19. The van der Waals surface area contributed by atoms with Gasteiger partial charge in [0.1, 0.15) is 0 Å². The normalized spacial score (nSPS) is 17.1. The molecular weight excluding hydrogens is 186 g/mol. The van der Waals surface area contributed by atoms with Crippen molar-refractivity contribution in [1.29, 1.82) is 0 Å². The van der Waals surface area contributed by atoms with E-state index >= 15 is 0 Å². The van der Waals surface area contributed by atoms with E-state index in [4.69, 9.17) is 4.84 Å². The van der Waals surface area contributed by atoms with Crippen molar-refractivity contribution >= 4 is 0 Å². The molecule has 15 heavy (non-hydrogen) atoms. The van der Waals surface area contributed by atoms with Gasteiger partial charge in [0.05, 0.1) is 6.10 Å². The minimum absolute atomic E-state index is 0.459. The third-order valence-corrected chi connectivity index (χ3v) is 2.91. The third-order valence-electron chi connectivity index (χ3n) is 2.91. The predicted octanol–water partition coefficient (Wildman–Crippen LogP) is 2.69. The van der Waals surface area contributed by atoms with Crippen molar-refractivity contribution in [2.24, 2.45) is 0 Å². The molecule has 1 aliphatic rings. The van der Waals surface area contributed by atoms with Gasteiger partial charge in [0.2, 0.25) is 0 Å². The van der Waals surface area contributed by atoms with Crippen LogP contribution in [-0.4, -0.2) is 12.6 Å². The van der Waals surface area contributed by atoms with Crippen LogP contribution in [0.25, 0.3) is 0 Å². The monoisotopic (exact) mass is 205 g/mol. The molecule has 1 aromatic carbocycles. The number of benzene rings is 1. The van der Waals surface area contributed by atoms with Crippen molar-refractivity contribution in [3.8, 4) is 0 Å². The van der Waals surface area contributed by atoms with Gasteiger partial charge in [-0.05, 0) is 24.8 Å². The molecule has 0 aliphatic heterocycles.